The van der Waals surface area contributed by atoms with Crippen molar-refractivity contribution >= 4 is 17.3 Å². The molecule has 2 aromatic carbocycles. The standard InChI is InChI=1S/C22H24N4O4S/c1-3-12-10-14(16(28)11-15(12)27)18-17(19(24-23-18)22(29)30-4-2)21-26-25-20(31-21)13-8-6-5-7-9-13/h5-11,17-19,23-24,27-28H,3-4H2,1-2H3. The molecule has 0 aliphatic carbocycles. The minimum atomic E-state index is -0.709. The Kier molecular flexibility index (Phi) is 6.17. The lowest BCUT2D eigenvalue weighted by Gasteiger charge is -2.21. The van der Waals surface area contributed by atoms with E-state index in [0.29, 0.717) is 22.6 Å². The highest BCUT2D eigenvalue weighted by Crippen LogP contribution is 2.44. The Bertz CT molecular complexity index is 1070. The fourth-order valence-corrected chi connectivity index (χ4v) is 4.81. The summed E-state index contributed by atoms with van der Waals surface area (Å²) in [5.41, 5.74) is 8.33. The Morgan fingerprint density at radius 1 is 1.10 bits per heavy atom. The molecule has 3 atom stereocenters. The predicted octanol–water partition coefficient (Wildman–Crippen LogP) is 3.04. The van der Waals surface area contributed by atoms with Crippen molar-refractivity contribution in [2.45, 2.75) is 38.3 Å². The van der Waals surface area contributed by atoms with E-state index in [4.69, 9.17) is 4.74 Å². The van der Waals surface area contributed by atoms with Gasteiger partial charge in [-0.2, -0.15) is 0 Å². The molecule has 162 valence electrons. The smallest absolute Gasteiger partial charge is 0.325 e. The van der Waals surface area contributed by atoms with Crippen molar-refractivity contribution in [3.05, 3.63) is 58.6 Å². The number of carbonyl (C=O) groups excluding carboxylic acids is 1. The van der Waals surface area contributed by atoms with Crippen LogP contribution in [-0.2, 0) is 16.0 Å². The molecule has 1 fully saturated rings. The molecule has 1 aliphatic rings. The van der Waals surface area contributed by atoms with E-state index in [0.717, 1.165) is 10.6 Å². The number of esters is 1. The first kappa shape index (κ1) is 21.2. The quantitative estimate of drug-likeness (QED) is 0.432. The summed E-state index contributed by atoms with van der Waals surface area (Å²) < 4.78 is 5.26. The van der Waals surface area contributed by atoms with E-state index in [1.165, 1.54) is 17.4 Å². The molecule has 4 N–H and O–H groups in total. The third kappa shape index (κ3) is 4.12. The fourth-order valence-electron chi connectivity index (χ4n) is 3.79. The van der Waals surface area contributed by atoms with E-state index in [9.17, 15) is 15.0 Å². The molecule has 0 amide bonds. The molecular formula is C22H24N4O4S. The van der Waals surface area contributed by atoms with Crippen LogP contribution in [-0.4, -0.2) is 39.0 Å². The number of nitrogens with one attached hydrogen (secondary N) is 2. The molecule has 0 spiro atoms. The van der Waals surface area contributed by atoms with Crippen molar-refractivity contribution in [1.82, 2.24) is 21.0 Å². The number of phenolic OH excluding ortho intramolecular Hbond substituents is 2. The highest BCUT2D eigenvalue weighted by Gasteiger charge is 2.45. The predicted molar refractivity (Wildman–Crippen MR) is 117 cm³/mol. The molecule has 3 aromatic rings. The minimum Gasteiger partial charge on any atom is -0.508 e. The number of hydrogen-bond donors (Lipinski definition) is 4. The van der Waals surface area contributed by atoms with Crippen LogP contribution in [0.25, 0.3) is 10.6 Å². The first-order valence-electron chi connectivity index (χ1n) is 10.1. The maximum absolute atomic E-state index is 12.7. The Morgan fingerprint density at radius 3 is 2.58 bits per heavy atom. The molecule has 0 saturated carbocycles. The zero-order valence-electron chi connectivity index (χ0n) is 17.2. The Hall–Kier alpha value is -3.01. The minimum absolute atomic E-state index is 0.0375. The van der Waals surface area contributed by atoms with Crippen LogP contribution in [0.1, 0.15) is 41.9 Å². The molecular weight excluding hydrogens is 416 g/mol. The van der Waals surface area contributed by atoms with Gasteiger partial charge in [0, 0.05) is 17.2 Å². The molecule has 1 aliphatic heterocycles. The number of hydrogen-bond acceptors (Lipinski definition) is 9. The van der Waals surface area contributed by atoms with Gasteiger partial charge in [0.25, 0.3) is 0 Å². The molecule has 1 saturated heterocycles. The largest absolute Gasteiger partial charge is 0.508 e. The second kappa shape index (κ2) is 9.01. The number of aromatic hydroxyl groups is 2. The van der Waals surface area contributed by atoms with Crippen LogP contribution in [0.15, 0.2) is 42.5 Å². The third-order valence-electron chi connectivity index (χ3n) is 5.34. The summed E-state index contributed by atoms with van der Waals surface area (Å²) in [6.45, 7) is 3.93. The van der Waals surface area contributed by atoms with Crippen molar-refractivity contribution in [1.29, 1.82) is 0 Å². The van der Waals surface area contributed by atoms with Gasteiger partial charge in [-0.3, -0.25) is 4.79 Å². The van der Waals surface area contributed by atoms with Gasteiger partial charge in [-0.25, -0.2) is 10.9 Å². The second-order valence-corrected chi connectivity index (χ2v) is 8.24. The lowest BCUT2D eigenvalue weighted by molar-refractivity contribution is -0.145. The molecule has 0 bridgehead atoms. The summed E-state index contributed by atoms with van der Waals surface area (Å²) in [5, 5.41) is 30.8. The van der Waals surface area contributed by atoms with Crippen LogP contribution in [0.5, 0.6) is 11.5 Å². The normalized spacial score (nSPS) is 20.6. The maximum atomic E-state index is 12.7. The zero-order chi connectivity index (χ0) is 22.0. The number of nitrogens with zero attached hydrogens (tertiary/aromatic N) is 2. The highest BCUT2D eigenvalue weighted by atomic mass is 32.1. The maximum Gasteiger partial charge on any atom is 0.325 e. The van der Waals surface area contributed by atoms with Gasteiger partial charge < -0.3 is 14.9 Å². The summed E-state index contributed by atoms with van der Waals surface area (Å²) in [5.74, 6) is -0.895. The third-order valence-corrected chi connectivity index (χ3v) is 6.42. The topological polar surface area (TPSA) is 117 Å². The molecule has 4 rings (SSSR count). The van der Waals surface area contributed by atoms with Crippen LogP contribution < -0.4 is 10.9 Å². The number of carbonyl (C=O) groups is 1. The van der Waals surface area contributed by atoms with Gasteiger partial charge in [-0.15, -0.1) is 10.2 Å². The molecule has 0 radical (unpaired) electrons. The first-order valence-corrected chi connectivity index (χ1v) is 11.0. The number of ether oxygens (including phenoxy) is 1. The van der Waals surface area contributed by atoms with Crippen molar-refractivity contribution in [3.8, 4) is 22.1 Å². The summed E-state index contributed by atoms with van der Waals surface area (Å²) in [6, 6.07) is 11.6. The van der Waals surface area contributed by atoms with Crippen LogP contribution >= 0.6 is 11.3 Å². The van der Waals surface area contributed by atoms with Gasteiger partial charge in [0.2, 0.25) is 0 Å². The summed E-state index contributed by atoms with van der Waals surface area (Å²) >= 11 is 1.40. The van der Waals surface area contributed by atoms with Gasteiger partial charge in [0.05, 0.1) is 18.6 Å². The number of benzene rings is 2. The van der Waals surface area contributed by atoms with Crippen molar-refractivity contribution < 1.29 is 19.7 Å². The van der Waals surface area contributed by atoms with E-state index in [-0.39, 0.29) is 18.1 Å². The first-order chi connectivity index (χ1) is 15.0. The Balaban J connectivity index is 1.76. The van der Waals surface area contributed by atoms with Crippen LogP contribution in [0.4, 0.5) is 0 Å². The Labute approximate surface area is 183 Å². The highest BCUT2D eigenvalue weighted by molar-refractivity contribution is 7.14. The number of aromatic nitrogens is 2. The van der Waals surface area contributed by atoms with E-state index in [2.05, 4.69) is 21.0 Å². The summed E-state index contributed by atoms with van der Waals surface area (Å²) in [4.78, 5) is 12.7. The SMILES string of the molecule is CCOC(=O)C1NNC(c2cc(CC)c(O)cc2O)C1c1nnc(-c2ccccc2)s1. The summed E-state index contributed by atoms with van der Waals surface area (Å²) in [7, 11) is 0. The van der Waals surface area contributed by atoms with E-state index >= 15 is 0 Å². The lowest BCUT2D eigenvalue weighted by atomic mass is 9.88. The van der Waals surface area contributed by atoms with E-state index in [1.54, 1.807) is 13.0 Å². The van der Waals surface area contributed by atoms with E-state index < -0.39 is 24.0 Å². The summed E-state index contributed by atoms with van der Waals surface area (Å²) in [6.07, 6.45) is 0.599. The van der Waals surface area contributed by atoms with Crippen LogP contribution in [0.2, 0.25) is 0 Å². The van der Waals surface area contributed by atoms with Crippen LogP contribution in [0, 0.1) is 0 Å². The number of hydrazine groups is 1. The van der Waals surface area contributed by atoms with Gasteiger partial charge in [-0.1, -0.05) is 48.6 Å². The molecule has 8 nitrogen and oxygen atoms in total. The second-order valence-electron chi connectivity index (χ2n) is 7.23. The van der Waals surface area contributed by atoms with Gasteiger partial charge >= 0.3 is 5.97 Å². The zero-order valence-corrected chi connectivity index (χ0v) is 18.0. The molecule has 3 unspecified atom stereocenters. The van der Waals surface area contributed by atoms with Crippen LogP contribution in [0.3, 0.4) is 0 Å². The molecule has 9 heteroatoms. The van der Waals surface area contributed by atoms with Crippen molar-refractivity contribution in [2.75, 3.05) is 6.61 Å². The number of rotatable bonds is 6. The molecule has 31 heavy (non-hydrogen) atoms. The van der Waals surface area contributed by atoms with Gasteiger partial charge in [0.1, 0.15) is 27.6 Å². The van der Waals surface area contributed by atoms with Gasteiger partial charge in [0.15, 0.2) is 0 Å². The number of aryl methyl sites for hydroxylation is 1. The number of phenols is 2. The van der Waals surface area contributed by atoms with Crippen molar-refractivity contribution in [3.63, 3.8) is 0 Å². The molecule has 2 heterocycles. The monoisotopic (exact) mass is 440 g/mol. The average Bonchev–Trinajstić information content (AvgIpc) is 3.42. The van der Waals surface area contributed by atoms with Crippen molar-refractivity contribution in [2.24, 2.45) is 0 Å². The molecule has 1 aromatic heterocycles. The average molecular weight is 441 g/mol. The Morgan fingerprint density at radius 2 is 1.87 bits per heavy atom. The van der Waals surface area contributed by atoms with Gasteiger partial charge in [-0.05, 0) is 25.0 Å². The van der Waals surface area contributed by atoms with E-state index in [1.807, 2.05) is 37.3 Å². The lowest BCUT2D eigenvalue weighted by Crippen LogP contribution is -2.39. The fraction of sp³-hybridized carbons (Fsp3) is 0.318.